The van der Waals surface area contributed by atoms with Crippen molar-refractivity contribution in [2.45, 2.75) is 44.6 Å². The van der Waals surface area contributed by atoms with Crippen LogP contribution in [0.1, 0.15) is 38.5 Å². The summed E-state index contributed by atoms with van der Waals surface area (Å²) < 4.78 is 0. The first kappa shape index (κ1) is 8.02. The summed E-state index contributed by atoms with van der Waals surface area (Å²) in [5.41, 5.74) is 0. The van der Waals surface area contributed by atoms with Crippen LogP contribution in [0, 0.1) is 22.0 Å². The van der Waals surface area contributed by atoms with E-state index in [1.165, 1.54) is 19.3 Å². The smallest absolute Gasteiger partial charge is 0.213 e. The summed E-state index contributed by atoms with van der Waals surface area (Å²) in [6, 6.07) is -0.218. The topological polar surface area (TPSA) is 43.1 Å². The molecule has 0 heterocycles. The van der Waals surface area contributed by atoms with Gasteiger partial charge in [0, 0.05) is 17.8 Å². The van der Waals surface area contributed by atoms with E-state index in [1.807, 2.05) is 0 Å². The van der Waals surface area contributed by atoms with Crippen molar-refractivity contribution in [3.05, 3.63) is 10.1 Å². The van der Waals surface area contributed by atoms with Gasteiger partial charge < -0.3 is 0 Å². The predicted molar refractivity (Wildman–Crippen MR) is 45.5 cm³/mol. The van der Waals surface area contributed by atoms with E-state index in [0.29, 0.717) is 5.92 Å². The molecule has 0 bridgehead atoms. The van der Waals surface area contributed by atoms with Crippen LogP contribution >= 0.6 is 0 Å². The minimum atomic E-state index is -0.218. The van der Waals surface area contributed by atoms with Gasteiger partial charge in [-0.15, -0.1) is 0 Å². The van der Waals surface area contributed by atoms with Gasteiger partial charge >= 0.3 is 0 Å². The standard InChI is InChI=1S/C9H15NO2/c11-10(12)9-5-4-7-2-1-3-8(7)6-9/h7-9H,1-6H2. The van der Waals surface area contributed by atoms with Gasteiger partial charge in [-0.05, 0) is 24.7 Å². The van der Waals surface area contributed by atoms with Crippen LogP contribution in [0.5, 0.6) is 0 Å². The monoisotopic (exact) mass is 169 g/mol. The Labute approximate surface area is 72.3 Å². The van der Waals surface area contributed by atoms with Crippen LogP contribution in [0.3, 0.4) is 0 Å². The van der Waals surface area contributed by atoms with Crippen LogP contribution in [0.2, 0.25) is 0 Å². The average molecular weight is 169 g/mol. The molecular formula is C9H15NO2. The quantitative estimate of drug-likeness (QED) is 0.446. The lowest BCUT2D eigenvalue weighted by Crippen LogP contribution is -2.30. The molecule has 0 aliphatic heterocycles. The number of nitrogens with zero attached hydrogens (tertiary/aromatic N) is 1. The molecule has 3 nitrogen and oxygen atoms in total. The van der Waals surface area contributed by atoms with Crippen molar-refractivity contribution in [3.8, 4) is 0 Å². The van der Waals surface area contributed by atoms with Crippen LogP contribution in [0.4, 0.5) is 0 Å². The highest BCUT2D eigenvalue weighted by Crippen LogP contribution is 2.42. The van der Waals surface area contributed by atoms with Crippen molar-refractivity contribution in [1.82, 2.24) is 0 Å². The minimum absolute atomic E-state index is 0.0749. The van der Waals surface area contributed by atoms with Crippen molar-refractivity contribution < 1.29 is 4.92 Å². The lowest BCUT2D eigenvalue weighted by molar-refractivity contribution is -0.528. The van der Waals surface area contributed by atoms with Gasteiger partial charge in [-0.2, -0.15) is 0 Å². The van der Waals surface area contributed by atoms with Gasteiger partial charge in [0.15, 0.2) is 0 Å². The molecule has 68 valence electrons. The summed E-state index contributed by atoms with van der Waals surface area (Å²) in [5.74, 6) is 1.52. The predicted octanol–water partition coefficient (Wildman–Crippen LogP) is 2.23. The third-order valence-electron chi connectivity index (χ3n) is 3.56. The second-order valence-electron chi connectivity index (χ2n) is 4.20. The largest absolute Gasteiger partial charge is 0.264 e. The molecule has 0 aromatic rings. The Kier molecular flexibility index (Phi) is 2.03. The van der Waals surface area contributed by atoms with Crippen molar-refractivity contribution in [2.24, 2.45) is 11.8 Å². The van der Waals surface area contributed by atoms with Gasteiger partial charge in [-0.25, -0.2) is 0 Å². The summed E-state index contributed by atoms with van der Waals surface area (Å²) in [5, 5.41) is 10.5. The van der Waals surface area contributed by atoms with Crippen molar-refractivity contribution >= 4 is 0 Å². The number of fused-ring (bicyclic) bond motifs is 1. The first-order valence-corrected chi connectivity index (χ1v) is 4.91. The number of hydrogen-bond acceptors (Lipinski definition) is 2. The number of rotatable bonds is 1. The van der Waals surface area contributed by atoms with Crippen LogP contribution in [0.25, 0.3) is 0 Å². The molecule has 0 amide bonds. The zero-order valence-electron chi connectivity index (χ0n) is 7.24. The minimum Gasteiger partial charge on any atom is -0.264 e. The zero-order valence-corrected chi connectivity index (χ0v) is 7.24. The summed E-state index contributed by atoms with van der Waals surface area (Å²) in [6.07, 6.45) is 6.67. The van der Waals surface area contributed by atoms with E-state index in [-0.39, 0.29) is 11.0 Å². The second-order valence-corrected chi connectivity index (χ2v) is 4.20. The molecule has 2 aliphatic carbocycles. The van der Waals surface area contributed by atoms with Gasteiger partial charge in [0.05, 0.1) is 0 Å². The Bertz CT molecular complexity index is 193. The fourth-order valence-corrected chi connectivity index (χ4v) is 2.87. The third-order valence-corrected chi connectivity index (χ3v) is 3.56. The molecule has 0 radical (unpaired) electrons. The molecule has 12 heavy (non-hydrogen) atoms. The van der Waals surface area contributed by atoms with E-state index in [4.69, 9.17) is 0 Å². The molecule has 3 unspecified atom stereocenters. The Balaban J connectivity index is 1.96. The molecule has 2 saturated carbocycles. The molecule has 2 fully saturated rings. The number of hydrogen-bond donors (Lipinski definition) is 0. The molecule has 2 rings (SSSR count). The SMILES string of the molecule is O=[N+]([O-])C1CCC2CCCC2C1. The second kappa shape index (κ2) is 3.04. The highest BCUT2D eigenvalue weighted by Gasteiger charge is 2.38. The van der Waals surface area contributed by atoms with E-state index < -0.39 is 0 Å². The van der Waals surface area contributed by atoms with Gasteiger partial charge in [0.25, 0.3) is 0 Å². The normalized spacial score (nSPS) is 40.8. The van der Waals surface area contributed by atoms with Crippen molar-refractivity contribution in [1.29, 1.82) is 0 Å². The average Bonchev–Trinajstić information content (AvgIpc) is 2.49. The Hall–Kier alpha value is -0.600. The van der Waals surface area contributed by atoms with Crippen LogP contribution in [-0.2, 0) is 0 Å². The lowest BCUT2D eigenvalue weighted by atomic mass is 9.79. The first-order valence-electron chi connectivity index (χ1n) is 4.91. The molecule has 0 N–H and O–H groups in total. The molecule has 0 spiro atoms. The molecule has 2 aliphatic rings. The van der Waals surface area contributed by atoms with E-state index in [2.05, 4.69) is 0 Å². The van der Waals surface area contributed by atoms with Gasteiger partial charge in [0.2, 0.25) is 6.04 Å². The van der Waals surface area contributed by atoms with Crippen molar-refractivity contribution in [2.75, 3.05) is 0 Å². The van der Waals surface area contributed by atoms with Gasteiger partial charge in [-0.1, -0.05) is 12.8 Å². The maximum atomic E-state index is 10.5. The summed E-state index contributed by atoms with van der Waals surface area (Å²) in [6.45, 7) is 0. The highest BCUT2D eigenvalue weighted by molar-refractivity contribution is 4.84. The van der Waals surface area contributed by atoms with E-state index in [1.54, 1.807) is 0 Å². The Morgan fingerprint density at radius 1 is 1.08 bits per heavy atom. The number of nitro groups is 1. The third kappa shape index (κ3) is 1.32. The van der Waals surface area contributed by atoms with Gasteiger partial charge in [0.1, 0.15) is 0 Å². The van der Waals surface area contributed by atoms with E-state index in [0.717, 1.165) is 25.2 Å². The molecule has 0 saturated heterocycles. The highest BCUT2D eigenvalue weighted by atomic mass is 16.6. The van der Waals surface area contributed by atoms with Crippen LogP contribution in [-0.4, -0.2) is 11.0 Å². The lowest BCUT2D eigenvalue weighted by Gasteiger charge is -2.26. The van der Waals surface area contributed by atoms with E-state index >= 15 is 0 Å². The van der Waals surface area contributed by atoms with E-state index in [9.17, 15) is 10.1 Å². The summed E-state index contributed by atoms with van der Waals surface area (Å²) >= 11 is 0. The fourth-order valence-electron chi connectivity index (χ4n) is 2.87. The Morgan fingerprint density at radius 3 is 2.58 bits per heavy atom. The van der Waals surface area contributed by atoms with Gasteiger partial charge in [-0.3, -0.25) is 10.1 Å². The molecule has 0 aromatic carbocycles. The fraction of sp³-hybridized carbons (Fsp3) is 1.00. The molecule has 0 aromatic heterocycles. The molecule has 3 heteroatoms. The van der Waals surface area contributed by atoms with Crippen molar-refractivity contribution in [3.63, 3.8) is 0 Å². The molecular weight excluding hydrogens is 154 g/mol. The maximum absolute atomic E-state index is 10.5. The summed E-state index contributed by atoms with van der Waals surface area (Å²) in [4.78, 5) is 10.5. The van der Waals surface area contributed by atoms with Crippen LogP contribution in [0.15, 0.2) is 0 Å². The maximum Gasteiger partial charge on any atom is 0.213 e. The zero-order chi connectivity index (χ0) is 8.55. The molecule has 3 atom stereocenters. The van der Waals surface area contributed by atoms with Crippen LogP contribution < -0.4 is 0 Å². The first-order chi connectivity index (χ1) is 5.77. The Morgan fingerprint density at radius 2 is 1.83 bits per heavy atom. The summed E-state index contributed by atoms with van der Waals surface area (Å²) in [7, 11) is 0.